The summed E-state index contributed by atoms with van der Waals surface area (Å²) in [7, 11) is 0. The van der Waals surface area contributed by atoms with Crippen molar-refractivity contribution in [2.24, 2.45) is 5.92 Å². The van der Waals surface area contributed by atoms with Gasteiger partial charge in [0, 0.05) is 26.2 Å². The molecule has 0 bridgehead atoms. The van der Waals surface area contributed by atoms with Crippen LogP contribution in [0.5, 0.6) is 0 Å². The average Bonchev–Trinajstić information content (AvgIpc) is 2.65. The fourth-order valence-corrected chi connectivity index (χ4v) is 4.68. The molecular weight excluding hydrogens is 312 g/mol. The molecule has 1 aromatic carbocycles. The Labute approximate surface area is 150 Å². The van der Waals surface area contributed by atoms with E-state index in [1.807, 2.05) is 18.2 Å². The molecule has 0 aromatic heterocycles. The predicted molar refractivity (Wildman–Crippen MR) is 102 cm³/mol. The van der Waals surface area contributed by atoms with Crippen molar-refractivity contribution in [1.29, 1.82) is 0 Å². The number of anilines is 2. The number of para-hydroxylation sites is 2. The fraction of sp³-hybridized carbons (Fsp3) is 0.650. The molecule has 3 aliphatic heterocycles. The Bertz CT molecular complexity index is 624. The number of hydrogen-bond acceptors (Lipinski definition) is 4. The number of likely N-dealkylation sites (tertiary alicyclic amines) is 2. The van der Waals surface area contributed by atoms with Crippen LogP contribution in [0.1, 0.15) is 32.6 Å². The van der Waals surface area contributed by atoms with E-state index in [1.54, 1.807) is 0 Å². The number of rotatable bonds is 3. The van der Waals surface area contributed by atoms with Crippen molar-refractivity contribution < 1.29 is 4.79 Å². The van der Waals surface area contributed by atoms with E-state index < -0.39 is 5.54 Å². The second-order valence-electron chi connectivity index (χ2n) is 7.91. The van der Waals surface area contributed by atoms with Crippen molar-refractivity contribution in [3.8, 4) is 0 Å². The van der Waals surface area contributed by atoms with Crippen molar-refractivity contribution in [2.45, 2.75) is 38.1 Å². The quantitative estimate of drug-likeness (QED) is 0.886. The predicted octanol–water partition coefficient (Wildman–Crippen LogP) is 2.62. The van der Waals surface area contributed by atoms with E-state index in [9.17, 15) is 4.79 Å². The van der Waals surface area contributed by atoms with E-state index in [0.717, 1.165) is 43.2 Å². The number of benzene rings is 1. The van der Waals surface area contributed by atoms with E-state index in [-0.39, 0.29) is 5.91 Å². The molecule has 1 unspecified atom stereocenters. The van der Waals surface area contributed by atoms with E-state index in [1.165, 1.54) is 39.0 Å². The van der Waals surface area contributed by atoms with Gasteiger partial charge >= 0.3 is 0 Å². The third kappa shape index (κ3) is 3.40. The van der Waals surface area contributed by atoms with Gasteiger partial charge in [-0.3, -0.25) is 4.79 Å². The maximum absolute atomic E-state index is 12.7. The van der Waals surface area contributed by atoms with Crippen LogP contribution in [-0.2, 0) is 4.79 Å². The molecule has 0 radical (unpaired) electrons. The van der Waals surface area contributed by atoms with Gasteiger partial charge in [0.15, 0.2) is 0 Å². The Morgan fingerprint density at radius 2 is 1.88 bits per heavy atom. The molecule has 3 aliphatic rings. The first-order valence-corrected chi connectivity index (χ1v) is 9.82. The molecule has 3 heterocycles. The lowest BCUT2D eigenvalue weighted by atomic mass is 9.84. The van der Waals surface area contributed by atoms with Gasteiger partial charge in [-0.05, 0) is 56.8 Å². The molecule has 2 N–H and O–H groups in total. The minimum atomic E-state index is -0.424. The lowest BCUT2D eigenvalue weighted by molar-refractivity contribution is -0.122. The minimum absolute atomic E-state index is 0.140. The number of amides is 1. The van der Waals surface area contributed by atoms with Crippen molar-refractivity contribution in [3.05, 3.63) is 24.3 Å². The van der Waals surface area contributed by atoms with Crippen molar-refractivity contribution in [2.75, 3.05) is 49.9 Å². The summed E-state index contributed by atoms with van der Waals surface area (Å²) in [4.78, 5) is 17.9. The normalized spacial score (nSPS) is 26.8. The Kier molecular flexibility index (Phi) is 4.69. The van der Waals surface area contributed by atoms with Crippen LogP contribution in [0.2, 0.25) is 0 Å². The van der Waals surface area contributed by atoms with E-state index in [0.29, 0.717) is 0 Å². The van der Waals surface area contributed by atoms with Crippen LogP contribution in [-0.4, -0.2) is 60.5 Å². The fourth-order valence-electron chi connectivity index (χ4n) is 4.68. The molecule has 1 spiro atoms. The molecule has 1 aromatic rings. The Morgan fingerprint density at radius 1 is 1.12 bits per heavy atom. The van der Waals surface area contributed by atoms with Gasteiger partial charge in [0.25, 0.3) is 0 Å². The topological polar surface area (TPSA) is 47.6 Å². The summed E-state index contributed by atoms with van der Waals surface area (Å²) >= 11 is 0. The Morgan fingerprint density at radius 3 is 2.64 bits per heavy atom. The Balaban J connectivity index is 1.36. The smallest absolute Gasteiger partial charge is 0.250 e. The summed E-state index contributed by atoms with van der Waals surface area (Å²) in [6, 6.07) is 8.01. The van der Waals surface area contributed by atoms with Crippen LogP contribution >= 0.6 is 0 Å². The number of carbonyl (C=O) groups is 1. The molecule has 2 saturated heterocycles. The van der Waals surface area contributed by atoms with Gasteiger partial charge in [-0.1, -0.05) is 19.1 Å². The number of nitrogens with one attached hydrogen (secondary N) is 2. The lowest BCUT2D eigenvalue weighted by Crippen LogP contribution is -2.59. The molecule has 25 heavy (non-hydrogen) atoms. The first-order valence-electron chi connectivity index (χ1n) is 9.82. The first kappa shape index (κ1) is 16.9. The van der Waals surface area contributed by atoms with E-state index >= 15 is 0 Å². The number of hydrogen-bond donors (Lipinski definition) is 2. The molecule has 0 saturated carbocycles. The number of nitrogens with zero attached hydrogens (tertiary/aromatic N) is 2. The summed E-state index contributed by atoms with van der Waals surface area (Å²) in [5, 5.41) is 6.66. The SMILES string of the molecule is CCN1CCCC(CN2CCC3(CC2)Nc2ccccc2NC3=O)C1. The molecular formula is C20H30N4O. The van der Waals surface area contributed by atoms with Crippen LogP contribution in [0.25, 0.3) is 0 Å². The average molecular weight is 342 g/mol. The zero-order chi connectivity index (χ0) is 17.3. The largest absolute Gasteiger partial charge is 0.369 e. The minimum Gasteiger partial charge on any atom is -0.369 e. The third-order valence-corrected chi connectivity index (χ3v) is 6.26. The van der Waals surface area contributed by atoms with Crippen molar-refractivity contribution >= 4 is 17.3 Å². The second kappa shape index (κ2) is 6.96. The molecule has 5 heteroatoms. The van der Waals surface area contributed by atoms with Crippen molar-refractivity contribution in [1.82, 2.24) is 9.80 Å². The standard InChI is InChI=1S/C20H30N4O/c1-2-23-11-5-6-16(14-23)15-24-12-9-20(10-13-24)19(25)21-17-7-3-4-8-18(17)22-20/h3-4,7-8,16,22H,2,5-6,9-15H2,1H3,(H,21,25). The summed E-state index contributed by atoms with van der Waals surface area (Å²) in [6.07, 6.45) is 4.45. The van der Waals surface area contributed by atoms with Gasteiger partial charge in [0.1, 0.15) is 5.54 Å². The monoisotopic (exact) mass is 342 g/mol. The second-order valence-corrected chi connectivity index (χ2v) is 7.91. The van der Waals surface area contributed by atoms with Crippen LogP contribution in [0.4, 0.5) is 11.4 Å². The van der Waals surface area contributed by atoms with Crippen LogP contribution in [0, 0.1) is 5.92 Å². The first-order chi connectivity index (χ1) is 12.2. The van der Waals surface area contributed by atoms with E-state index in [2.05, 4.69) is 33.4 Å². The maximum Gasteiger partial charge on any atom is 0.250 e. The van der Waals surface area contributed by atoms with Crippen LogP contribution in [0.15, 0.2) is 24.3 Å². The highest BCUT2D eigenvalue weighted by Crippen LogP contribution is 2.36. The van der Waals surface area contributed by atoms with E-state index in [4.69, 9.17) is 0 Å². The molecule has 4 rings (SSSR count). The summed E-state index contributed by atoms with van der Waals surface area (Å²) in [5.74, 6) is 0.928. The lowest BCUT2D eigenvalue weighted by Gasteiger charge is -2.45. The van der Waals surface area contributed by atoms with Gasteiger partial charge in [0.05, 0.1) is 11.4 Å². The van der Waals surface area contributed by atoms with Gasteiger partial charge in [-0.25, -0.2) is 0 Å². The molecule has 0 aliphatic carbocycles. The highest BCUT2D eigenvalue weighted by molar-refractivity contribution is 6.06. The van der Waals surface area contributed by atoms with Gasteiger partial charge in [0.2, 0.25) is 5.91 Å². The Hall–Kier alpha value is -1.59. The molecule has 1 atom stereocenters. The van der Waals surface area contributed by atoms with Gasteiger partial charge in [-0.15, -0.1) is 0 Å². The molecule has 136 valence electrons. The zero-order valence-electron chi connectivity index (χ0n) is 15.3. The highest BCUT2D eigenvalue weighted by atomic mass is 16.2. The van der Waals surface area contributed by atoms with Crippen LogP contribution < -0.4 is 10.6 Å². The zero-order valence-corrected chi connectivity index (χ0v) is 15.3. The van der Waals surface area contributed by atoms with Crippen LogP contribution in [0.3, 0.4) is 0 Å². The third-order valence-electron chi connectivity index (χ3n) is 6.26. The summed E-state index contributed by atoms with van der Waals surface area (Å²) in [6.45, 7) is 9.13. The maximum atomic E-state index is 12.7. The number of piperidine rings is 2. The number of fused-ring (bicyclic) bond motifs is 1. The summed E-state index contributed by atoms with van der Waals surface area (Å²) in [5.41, 5.74) is 1.54. The van der Waals surface area contributed by atoms with Gasteiger partial charge < -0.3 is 20.4 Å². The molecule has 2 fully saturated rings. The molecule has 5 nitrogen and oxygen atoms in total. The van der Waals surface area contributed by atoms with Crippen molar-refractivity contribution in [3.63, 3.8) is 0 Å². The van der Waals surface area contributed by atoms with Gasteiger partial charge in [-0.2, -0.15) is 0 Å². The number of carbonyl (C=O) groups excluding carboxylic acids is 1. The summed E-state index contributed by atoms with van der Waals surface area (Å²) < 4.78 is 0. The molecule has 1 amide bonds. The highest BCUT2D eigenvalue weighted by Gasteiger charge is 2.44.